The molecular weight excluding hydrogens is 602 g/mol. The first-order chi connectivity index (χ1) is 21.1. The average molecular weight is 642 g/mol. The van der Waals surface area contributed by atoms with Crippen LogP contribution < -0.4 is 14.4 Å². The number of sulfonamides is 1. The summed E-state index contributed by atoms with van der Waals surface area (Å²) in [5, 5.41) is -0.186. The summed E-state index contributed by atoms with van der Waals surface area (Å²) in [5.41, 5.74) is 2.08. The Hall–Kier alpha value is -2.95. The maximum Gasteiger partial charge on any atom is 0.283 e. The number of amides is 1. The van der Waals surface area contributed by atoms with Gasteiger partial charge in [-0.1, -0.05) is 30.7 Å². The third-order valence-corrected chi connectivity index (χ3v) is 12.2. The van der Waals surface area contributed by atoms with Crippen LogP contribution in [0, 0.1) is 17.8 Å². The first-order valence-electron chi connectivity index (χ1n) is 15.5. The summed E-state index contributed by atoms with van der Waals surface area (Å²) >= 11 is 6.38. The molecule has 236 valence electrons. The van der Waals surface area contributed by atoms with E-state index in [9.17, 15) is 18.0 Å². The van der Waals surface area contributed by atoms with Gasteiger partial charge in [-0.25, -0.2) is 18.1 Å². The Kier molecular flexibility index (Phi) is 8.78. The van der Waals surface area contributed by atoms with Gasteiger partial charge in [0.15, 0.2) is 17.4 Å². The van der Waals surface area contributed by atoms with Crippen LogP contribution in [0.5, 0.6) is 5.75 Å². The number of carbonyl (C=O) groups excluding carboxylic acids is 2. The van der Waals surface area contributed by atoms with Gasteiger partial charge >= 0.3 is 0 Å². The highest BCUT2D eigenvalue weighted by Crippen LogP contribution is 2.45. The second kappa shape index (κ2) is 12.4. The molecule has 1 spiro atoms. The number of anilines is 1. The lowest BCUT2D eigenvalue weighted by molar-refractivity contribution is -0.122. The molecular formula is C33H40ClN3O6S. The van der Waals surface area contributed by atoms with E-state index in [0.29, 0.717) is 42.7 Å². The zero-order valence-corrected chi connectivity index (χ0v) is 26.8. The number of nitrogens with zero attached hydrogens (tertiary/aromatic N) is 2. The summed E-state index contributed by atoms with van der Waals surface area (Å²) in [6.07, 6.45) is 8.57. The van der Waals surface area contributed by atoms with Crippen LogP contribution in [0.15, 0.2) is 42.5 Å². The van der Waals surface area contributed by atoms with Crippen LogP contribution in [0.4, 0.5) is 5.82 Å². The number of aromatic nitrogens is 1. The van der Waals surface area contributed by atoms with Crippen molar-refractivity contribution >= 4 is 39.1 Å². The van der Waals surface area contributed by atoms with Crippen LogP contribution >= 0.6 is 11.6 Å². The second-order valence-corrected chi connectivity index (χ2v) is 15.2. The molecule has 4 aliphatic rings. The lowest BCUT2D eigenvalue weighted by Gasteiger charge is -2.43. The zero-order valence-electron chi connectivity index (χ0n) is 25.3. The van der Waals surface area contributed by atoms with Gasteiger partial charge in [0.25, 0.3) is 5.91 Å². The van der Waals surface area contributed by atoms with Crippen molar-refractivity contribution in [2.75, 3.05) is 38.3 Å². The summed E-state index contributed by atoms with van der Waals surface area (Å²) < 4.78 is 41.0. The summed E-state index contributed by atoms with van der Waals surface area (Å²) in [6.45, 7) is 3.64. The summed E-state index contributed by atoms with van der Waals surface area (Å²) in [6, 6.07) is 9.30. The molecule has 6 rings (SSSR count). The van der Waals surface area contributed by atoms with Crippen molar-refractivity contribution in [1.29, 1.82) is 0 Å². The Morgan fingerprint density at radius 2 is 2.05 bits per heavy atom. The van der Waals surface area contributed by atoms with Crippen molar-refractivity contribution < 1.29 is 27.5 Å². The lowest BCUT2D eigenvalue weighted by atomic mass is 9.69. The molecule has 1 saturated carbocycles. The number of aryl methyl sites for hydroxylation is 1. The van der Waals surface area contributed by atoms with E-state index in [-0.39, 0.29) is 47.7 Å². The molecule has 2 aliphatic heterocycles. The van der Waals surface area contributed by atoms with Gasteiger partial charge in [0.2, 0.25) is 10.0 Å². The highest BCUT2D eigenvalue weighted by molar-refractivity contribution is 7.90. The van der Waals surface area contributed by atoms with Crippen molar-refractivity contribution in [3.05, 3.63) is 64.3 Å². The van der Waals surface area contributed by atoms with Gasteiger partial charge in [0.05, 0.1) is 11.9 Å². The Balaban J connectivity index is 1.41. The van der Waals surface area contributed by atoms with Crippen LogP contribution in [0.3, 0.4) is 0 Å². The van der Waals surface area contributed by atoms with Crippen molar-refractivity contribution in [3.63, 3.8) is 0 Å². The van der Waals surface area contributed by atoms with E-state index in [2.05, 4.69) is 15.7 Å². The Morgan fingerprint density at radius 1 is 1.20 bits per heavy atom. The number of halogens is 1. The Morgan fingerprint density at radius 3 is 2.82 bits per heavy atom. The standard InChI is InChI=1S/C33H40ClN3O6S/c1-21-5-3-7-28(38)25-10-8-23(25)18-37-19-33(15-4-6-22-17-24(34)9-11-26(22)33)20-43-29-13-12-27(35-31(29)37)32(39)36-44(40,41)30(21)14-16-42-2/h3,7,9,11-13,17,21,23,25,30H,4-6,8,10,14-16,18-20H2,1-2H3,(H,36,39)/b7-3+/t21-,23-,25+,30+,33-/m0/s1. The normalized spacial score (nSPS) is 30.7. The fourth-order valence-corrected chi connectivity index (χ4v) is 9.30. The highest BCUT2D eigenvalue weighted by Gasteiger charge is 2.45. The number of rotatable bonds is 3. The number of allylic oxidation sites excluding steroid dienone is 2. The number of nitrogens with one attached hydrogen (secondary N) is 1. The molecule has 9 nitrogen and oxygen atoms in total. The summed E-state index contributed by atoms with van der Waals surface area (Å²) in [7, 11) is -2.58. The molecule has 1 amide bonds. The van der Waals surface area contributed by atoms with Gasteiger partial charge in [-0.15, -0.1) is 0 Å². The molecule has 11 heteroatoms. The molecule has 0 saturated heterocycles. The topological polar surface area (TPSA) is 115 Å². The van der Waals surface area contributed by atoms with Gasteiger partial charge in [-0.05, 0) is 98.2 Å². The first kappa shape index (κ1) is 31.0. The minimum Gasteiger partial charge on any atom is -0.489 e. The van der Waals surface area contributed by atoms with Crippen LogP contribution in [0.25, 0.3) is 0 Å². The fourth-order valence-electron chi connectivity index (χ4n) is 7.46. The molecule has 1 fully saturated rings. The highest BCUT2D eigenvalue weighted by atomic mass is 35.5. The monoisotopic (exact) mass is 641 g/mol. The number of fused-ring (bicyclic) bond motifs is 4. The van der Waals surface area contributed by atoms with E-state index >= 15 is 0 Å². The fraction of sp³-hybridized carbons (Fsp3) is 0.545. The lowest BCUT2D eigenvalue weighted by Crippen LogP contribution is -2.49. The van der Waals surface area contributed by atoms with E-state index in [0.717, 1.165) is 32.1 Å². The molecule has 3 heterocycles. The van der Waals surface area contributed by atoms with Crippen molar-refractivity contribution in [2.24, 2.45) is 17.8 Å². The van der Waals surface area contributed by atoms with Gasteiger partial charge in [-0.3, -0.25) is 9.59 Å². The van der Waals surface area contributed by atoms with Gasteiger partial charge in [-0.2, -0.15) is 0 Å². The van der Waals surface area contributed by atoms with Gasteiger partial charge in [0.1, 0.15) is 5.69 Å². The molecule has 1 aromatic heterocycles. The number of pyridine rings is 1. The predicted octanol–water partition coefficient (Wildman–Crippen LogP) is 4.86. The zero-order chi connectivity index (χ0) is 31.1. The molecule has 0 unspecified atom stereocenters. The molecule has 2 aliphatic carbocycles. The molecule has 5 atom stereocenters. The molecule has 2 bridgehead atoms. The maximum atomic E-state index is 13.5. The Bertz CT molecular complexity index is 1580. The van der Waals surface area contributed by atoms with Crippen LogP contribution in [0.2, 0.25) is 5.02 Å². The van der Waals surface area contributed by atoms with E-state index in [4.69, 9.17) is 26.1 Å². The summed E-state index contributed by atoms with van der Waals surface area (Å²) in [5.74, 6) is -0.00478. The first-order valence-corrected chi connectivity index (χ1v) is 17.5. The van der Waals surface area contributed by atoms with Gasteiger partial charge < -0.3 is 14.4 Å². The van der Waals surface area contributed by atoms with E-state index in [1.165, 1.54) is 24.3 Å². The molecule has 44 heavy (non-hydrogen) atoms. The quantitative estimate of drug-likeness (QED) is 0.505. The number of ketones is 1. The van der Waals surface area contributed by atoms with Crippen LogP contribution in [0.1, 0.15) is 67.1 Å². The molecule has 0 radical (unpaired) electrons. The summed E-state index contributed by atoms with van der Waals surface area (Å²) in [4.78, 5) is 33.7. The number of benzene rings is 1. The average Bonchev–Trinajstić information content (AvgIpc) is 3.11. The second-order valence-electron chi connectivity index (χ2n) is 12.9. The van der Waals surface area contributed by atoms with Crippen molar-refractivity contribution in [1.82, 2.24) is 9.71 Å². The van der Waals surface area contributed by atoms with Crippen molar-refractivity contribution in [2.45, 2.75) is 62.5 Å². The molecule has 2 aromatic rings. The smallest absolute Gasteiger partial charge is 0.283 e. The number of ether oxygens (including phenoxy) is 2. The number of hydrogen-bond acceptors (Lipinski definition) is 8. The Labute approximate surface area is 264 Å². The minimum atomic E-state index is -4.09. The SMILES string of the molecule is COCC[C@@H]1[C@@H](C)C/C=C/C(=O)[C@@H]2CC[C@H]2CN2C[C@@]3(CCCc4cc(Cl)ccc43)COc3ccc(nc32)C(=O)NS1(=O)=O. The third-order valence-electron chi connectivity index (χ3n) is 10.0. The number of carbonyl (C=O) groups is 2. The number of methoxy groups -OCH3 is 1. The van der Waals surface area contributed by atoms with E-state index in [1.54, 1.807) is 18.2 Å². The van der Waals surface area contributed by atoms with E-state index in [1.807, 2.05) is 19.1 Å². The third kappa shape index (κ3) is 6.00. The minimum absolute atomic E-state index is 0.000860. The van der Waals surface area contributed by atoms with Crippen molar-refractivity contribution in [3.8, 4) is 5.75 Å². The molecule has 1 aromatic carbocycles. The predicted molar refractivity (Wildman–Crippen MR) is 169 cm³/mol. The number of hydrogen-bond donors (Lipinski definition) is 1. The van der Waals surface area contributed by atoms with Gasteiger partial charge in [0, 0.05) is 43.2 Å². The largest absolute Gasteiger partial charge is 0.489 e. The maximum absolute atomic E-state index is 13.5. The molecule has 1 N–H and O–H groups in total. The van der Waals surface area contributed by atoms with Crippen LogP contribution in [-0.4, -0.2) is 63.8 Å². The van der Waals surface area contributed by atoms with E-state index < -0.39 is 21.2 Å². The van der Waals surface area contributed by atoms with Crippen LogP contribution in [-0.2, 0) is 31.4 Å².